The highest BCUT2D eigenvalue weighted by atomic mass is 16.6. The Labute approximate surface area is 113 Å². The van der Waals surface area contributed by atoms with E-state index in [1.807, 2.05) is 0 Å². The van der Waals surface area contributed by atoms with Gasteiger partial charge in [0.1, 0.15) is 11.7 Å². The first-order valence-corrected chi connectivity index (χ1v) is 7.44. The third-order valence-electron chi connectivity index (χ3n) is 4.88. The van der Waals surface area contributed by atoms with E-state index in [1.54, 1.807) is 0 Å². The van der Waals surface area contributed by atoms with Gasteiger partial charge in [-0.05, 0) is 6.42 Å². The summed E-state index contributed by atoms with van der Waals surface area (Å²) in [4.78, 5) is 0. The van der Waals surface area contributed by atoms with Crippen LogP contribution in [-0.4, -0.2) is 58.6 Å². The first-order valence-electron chi connectivity index (χ1n) is 7.44. The Kier molecular flexibility index (Phi) is 3.60. The molecule has 1 aliphatic heterocycles. The number of fused-ring (bicyclic) bond motifs is 3. The fourth-order valence-corrected chi connectivity index (χ4v) is 3.60. The van der Waals surface area contributed by atoms with Crippen molar-refractivity contribution >= 4 is 0 Å². The second-order valence-corrected chi connectivity index (χ2v) is 6.13. The predicted octanol–water partition coefficient (Wildman–Crippen LogP) is 0.0632. The molecule has 0 spiro atoms. The monoisotopic (exact) mass is 272 g/mol. The number of rotatable bonds is 8. The molecular weight excluding hydrogens is 248 g/mol. The Balaban J connectivity index is 1.39. The van der Waals surface area contributed by atoms with Gasteiger partial charge in [0, 0.05) is 18.4 Å². The molecule has 110 valence electrons. The maximum atomic E-state index is 10.2. The molecule has 1 heterocycles. The van der Waals surface area contributed by atoms with E-state index in [0.717, 1.165) is 12.8 Å². The number of aliphatic hydroxyl groups excluding tert-OH is 3. The van der Waals surface area contributed by atoms with Gasteiger partial charge in [-0.2, -0.15) is 0 Å². The molecule has 3 fully saturated rings. The molecule has 2 saturated carbocycles. The summed E-state index contributed by atoms with van der Waals surface area (Å²) < 4.78 is 11.1. The quantitative estimate of drug-likeness (QED) is 0.545. The van der Waals surface area contributed by atoms with Crippen molar-refractivity contribution in [3.63, 3.8) is 0 Å². The van der Waals surface area contributed by atoms with E-state index in [4.69, 9.17) is 9.47 Å². The molecule has 19 heavy (non-hydrogen) atoms. The fourth-order valence-electron chi connectivity index (χ4n) is 3.60. The summed E-state index contributed by atoms with van der Waals surface area (Å²) in [5.74, 6) is -0.0830. The van der Waals surface area contributed by atoms with Gasteiger partial charge in [-0.1, -0.05) is 26.2 Å². The van der Waals surface area contributed by atoms with Crippen LogP contribution in [0.15, 0.2) is 0 Å². The van der Waals surface area contributed by atoms with E-state index >= 15 is 0 Å². The van der Waals surface area contributed by atoms with Crippen molar-refractivity contribution in [1.82, 2.24) is 0 Å². The van der Waals surface area contributed by atoms with Gasteiger partial charge in [0.25, 0.3) is 0 Å². The largest absolute Gasteiger partial charge is 0.390 e. The second kappa shape index (κ2) is 4.97. The minimum Gasteiger partial charge on any atom is -0.390 e. The van der Waals surface area contributed by atoms with Crippen LogP contribution in [0.1, 0.15) is 32.6 Å². The summed E-state index contributed by atoms with van der Waals surface area (Å²) >= 11 is 0. The Hall–Kier alpha value is -0.200. The topological polar surface area (TPSA) is 79.2 Å². The lowest BCUT2D eigenvalue weighted by Crippen LogP contribution is -2.39. The molecule has 0 aromatic heterocycles. The van der Waals surface area contributed by atoms with E-state index in [9.17, 15) is 15.3 Å². The van der Waals surface area contributed by atoms with Gasteiger partial charge in [-0.25, -0.2) is 0 Å². The lowest BCUT2D eigenvalue weighted by molar-refractivity contribution is -0.113. The van der Waals surface area contributed by atoms with Crippen LogP contribution in [0.25, 0.3) is 0 Å². The lowest BCUT2D eigenvalue weighted by atomic mass is 10.1. The van der Waals surface area contributed by atoms with E-state index in [1.165, 1.54) is 12.8 Å². The molecule has 0 aromatic carbocycles. The molecule has 0 aromatic rings. The summed E-state index contributed by atoms with van der Waals surface area (Å²) in [7, 11) is 0. The zero-order chi connectivity index (χ0) is 13.6. The first kappa shape index (κ1) is 13.8. The molecule has 3 rings (SSSR count). The van der Waals surface area contributed by atoms with Crippen molar-refractivity contribution in [2.75, 3.05) is 13.2 Å². The fraction of sp³-hybridized carbons (Fsp3) is 1.00. The number of aliphatic hydroxyl groups is 3. The maximum Gasteiger partial charge on any atom is 0.129 e. The lowest BCUT2D eigenvalue weighted by Gasteiger charge is -2.22. The first-order chi connectivity index (χ1) is 9.14. The highest BCUT2D eigenvalue weighted by molar-refractivity contribution is 5.32. The van der Waals surface area contributed by atoms with Crippen LogP contribution in [0.5, 0.6) is 0 Å². The van der Waals surface area contributed by atoms with Gasteiger partial charge < -0.3 is 24.8 Å². The molecule has 5 unspecified atom stereocenters. The molecule has 7 atom stereocenters. The van der Waals surface area contributed by atoms with Gasteiger partial charge in [-0.3, -0.25) is 0 Å². The molecule has 2 aliphatic carbocycles. The highest BCUT2D eigenvalue weighted by Crippen LogP contribution is 2.69. The van der Waals surface area contributed by atoms with Crippen molar-refractivity contribution < 1.29 is 24.8 Å². The van der Waals surface area contributed by atoms with Gasteiger partial charge in [0.05, 0.1) is 24.9 Å². The zero-order valence-corrected chi connectivity index (χ0v) is 11.4. The van der Waals surface area contributed by atoms with Crippen LogP contribution in [0.3, 0.4) is 0 Å². The second-order valence-electron chi connectivity index (χ2n) is 6.13. The predicted molar refractivity (Wildman–Crippen MR) is 67.6 cm³/mol. The molecule has 0 radical (unpaired) electrons. The highest BCUT2D eigenvalue weighted by Gasteiger charge is 2.85. The summed E-state index contributed by atoms with van der Waals surface area (Å²) in [5, 5.41) is 29.6. The zero-order valence-electron chi connectivity index (χ0n) is 11.4. The standard InChI is InChI=1S/C14H24O5/c1-2-3-4-5-6-18-7-8(15)14-10(13(14)17)9-11(16)12(9)19-14/h8-13,15-17H,2-7H2,1H3/t8?,9?,10?,11-,12+,13?,14?/m0/s1. The van der Waals surface area contributed by atoms with Crippen LogP contribution in [0.4, 0.5) is 0 Å². The summed E-state index contributed by atoms with van der Waals surface area (Å²) in [5.41, 5.74) is -0.849. The molecule has 0 bridgehead atoms. The van der Waals surface area contributed by atoms with Gasteiger partial charge in [0.2, 0.25) is 0 Å². The van der Waals surface area contributed by atoms with Gasteiger partial charge >= 0.3 is 0 Å². The number of hydrogen-bond donors (Lipinski definition) is 3. The number of unbranched alkanes of at least 4 members (excludes halogenated alkanes) is 3. The molecule has 5 nitrogen and oxygen atoms in total. The van der Waals surface area contributed by atoms with E-state index in [-0.39, 0.29) is 24.5 Å². The van der Waals surface area contributed by atoms with Crippen LogP contribution in [0.2, 0.25) is 0 Å². The van der Waals surface area contributed by atoms with Crippen LogP contribution in [-0.2, 0) is 9.47 Å². The van der Waals surface area contributed by atoms with Crippen LogP contribution in [0, 0.1) is 11.8 Å². The molecule has 1 saturated heterocycles. The summed E-state index contributed by atoms with van der Waals surface area (Å²) in [6.45, 7) is 3.01. The smallest absolute Gasteiger partial charge is 0.129 e. The SMILES string of the molecule is CCCCCCOCC(O)C12O[C@@H]3C(C1C2O)[C@@H]3O. The summed E-state index contributed by atoms with van der Waals surface area (Å²) in [6.07, 6.45) is 2.49. The Bertz CT molecular complexity index is 336. The van der Waals surface area contributed by atoms with E-state index in [0.29, 0.717) is 6.61 Å². The van der Waals surface area contributed by atoms with Crippen molar-refractivity contribution in [2.24, 2.45) is 11.8 Å². The van der Waals surface area contributed by atoms with Crippen molar-refractivity contribution in [2.45, 2.75) is 62.6 Å². The molecule has 0 amide bonds. The molecule has 3 N–H and O–H groups in total. The Morgan fingerprint density at radius 3 is 2.74 bits per heavy atom. The van der Waals surface area contributed by atoms with Crippen molar-refractivity contribution in [1.29, 1.82) is 0 Å². The van der Waals surface area contributed by atoms with Crippen molar-refractivity contribution in [3.8, 4) is 0 Å². The number of ether oxygens (including phenoxy) is 2. The van der Waals surface area contributed by atoms with Crippen LogP contribution < -0.4 is 0 Å². The molecular formula is C14H24O5. The number of hydrogen-bond acceptors (Lipinski definition) is 5. The molecule has 5 heteroatoms. The van der Waals surface area contributed by atoms with Crippen LogP contribution >= 0.6 is 0 Å². The maximum absolute atomic E-state index is 10.2. The van der Waals surface area contributed by atoms with Gasteiger partial charge in [0.15, 0.2) is 0 Å². The Morgan fingerprint density at radius 1 is 1.26 bits per heavy atom. The third kappa shape index (κ3) is 2.03. The Morgan fingerprint density at radius 2 is 2.05 bits per heavy atom. The van der Waals surface area contributed by atoms with Crippen molar-refractivity contribution in [3.05, 3.63) is 0 Å². The normalized spacial score (nSPS) is 47.7. The van der Waals surface area contributed by atoms with Gasteiger partial charge in [-0.15, -0.1) is 0 Å². The average molecular weight is 272 g/mol. The molecule has 3 aliphatic rings. The average Bonchev–Trinajstić information content (AvgIpc) is 3.14. The van der Waals surface area contributed by atoms with E-state index in [2.05, 4.69) is 6.92 Å². The minimum absolute atomic E-state index is 0.0224. The summed E-state index contributed by atoms with van der Waals surface area (Å²) in [6, 6.07) is 0. The minimum atomic E-state index is -0.849. The van der Waals surface area contributed by atoms with E-state index < -0.39 is 23.9 Å². The third-order valence-corrected chi connectivity index (χ3v) is 4.88.